The Bertz CT molecular complexity index is 442. The van der Waals surface area contributed by atoms with Crippen molar-refractivity contribution in [3.63, 3.8) is 0 Å². The molecule has 18 heavy (non-hydrogen) atoms. The average molecular weight is 251 g/mol. The molecule has 1 rings (SSSR count). The summed E-state index contributed by atoms with van der Waals surface area (Å²) in [5.74, 6) is -0.387. The minimum atomic E-state index is -0.493. The van der Waals surface area contributed by atoms with Crippen LogP contribution in [0.5, 0.6) is 0 Å². The Morgan fingerprint density at radius 2 is 2.11 bits per heavy atom. The van der Waals surface area contributed by atoms with Gasteiger partial charge in [0.05, 0.1) is 23.5 Å². The Kier molecular flexibility index (Phi) is 5.17. The number of carbonyl (C=O) groups is 1. The number of hydrogen-bond donors (Lipinski definition) is 2. The third-order valence-electron chi connectivity index (χ3n) is 1.89. The van der Waals surface area contributed by atoms with Crippen LogP contribution in [-0.2, 0) is 9.53 Å². The topological polar surface area (TPSA) is 93.5 Å². The molecule has 0 unspecified atom stereocenters. The van der Waals surface area contributed by atoms with Gasteiger partial charge in [0.2, 0.25) is 0 Å². The van der Waals surface area contributed by atoms with Gasteiger partial charge in [-0.25, -0.2) is 0 Å². The number of nitrogens with zero attached hydrogens (tertiary/aromatic N) is 1. The van der Waals surface area contributed by atoms with Crippen LogP contribution in [0.4, 0.5) is 11.4 Å². The van der Waals surface area contributed by atoms with E-state index in [1.165, 1.54) is 36.6 Å². The summed E-state index contributed by atoms with van der Waals surface area (Å²) in [6.07, 6.45) is 2.51. The molecule has 2 N–H and O–H groups in total. The number of hydrazine groups is 1. The second kappa shape index (κ2) is 6.89. The molecule has 0 saturated heterocycles. The van der Waals surface area contributed by atoms with Crippen molar-refractivity contribution in [3.05, 3.63) is 46.7 Å². The van der Waals surface area contributed by atoms with Crippen LogP contribution >= 0.6 is 0 Å². The summed E-state index contributed by atoms with van der Waals surface area (Å²) in [6.45, 7) is 2.29. The van der Waals surface area contributed by atoms with Gasteiger partial charge in [0.15, 0.2) is 0 Å². The Morgan fingerprint density at radius 3 is 2.67 bits per heavy atom. The Labute approximate surface area is 104 Å². The van der Waals surface area contributed by atoms with E-state index in [4.69, 9.17) is 4.74 Å². The maximum Gasteiger partial charge on any atom is 0.269 e. The average Bonchev–Trinajstić information content (AvgIpc) is 2.37. The highest BCUT2D eigenvalue weighted by atomic mass is 16.6. The van der Waals surface area contributed by atoms with Gasteiger partial charge in [0.1, 0.15) is 0 Å². The molecule has 0 saturated carbocycles. The van der Waals surface area contributed by atoms with E-state index in [-0.39, 0.29) is 11.6 Å². The molecule has 7 nitrogen and oxygen atoms in total. The molecule has 7 heteroatoms. The Balaban J connectivity index is 2.44. The number of hydrogen-bond acceptors (Lipinski definition) is 5. The molecule has 0 spiro atoms. The van der Waals surface area contributed by atoms with Crippen molar-refractivity contribution in [2.24, 2.45) is 0 Å². The van der Waals surface area contributed by atoms with Crippen molar-refractivity contribution in [1.82, 2.24) is 5.43 Å². The van der Waals surface area contributed by atoms with E-state index in [2.05, 4.69) is 10.9 Å². The zero-order valence-electron chi connectivity index (χ0n) is 9.75. The van der Waals surface area contributed by atoms with E-state index in [1.807, 2.05) is 0 Å². The molecule has 0 aliphatic rings. The lowest BCUT2D eigenvalue weighted by molar-refractivity contribution is -0.384. The number of nitro benzene ring substituents is 1. The molecule has 0 aliphatic heterocycles. The standard InChI is InChI=1S/C11H13N3O4/c1-2-18-8-7-11(15)13-12-9-3-5-10(6-4-9)14(16)17/h3-8,12H,2H2,1H3,(H,13,15). The lowest BCUT2D eigenvalue weighted by Gasteiger charge is -2.05. The Hall–Kier alpha value is -2.57. The highest BCUT2D eigenvalue weighted by Gasteiger charge is 2.03. The van der Waals surface area contributed by atoms with Gasteiger partial charge in [0.25, 0.3) is 11.6 Å². The molecule has 0 radical (unpaired) electrons. The number of benzene rings is 1. The van der Waals surface area contributed by atoms with Crippen molar-refractivity contribution in [2.75, 3.05) is 12.0 Å². The van der Waals surface area contributed by atoms with E-state index in [0.29, 0.717) is 12.3 Å². The second-order valence-corrected chi connectivity index (χ2v) is 3.18. The van der Waals surface area contributed by atoms with Crippen LogP contribution in [0, 0.1) is 10.1 Å². The van der Waals surface area contributed by atoms with Crippen molar-refractivity contribution in [3.8, 4) is 0 Å². The Morgan fingerprint density at radius 1 is 1.44 bits per heavy atom. The first-order valence-electron chi connectivity index (χ1n) is 5.22. The normalized spacial score (nSPS) is 10.1. The summed E-state index contributed by atoms with van der Waals surface area (Å²) >= 11 is 0. The third-order valence-corrected chi connectivity index (χ3v) is 1.89. The number of carbonyl (C=O) groups excluding carboxylic acids is 1. The molecule has 0 heterocycles. The third kappa shape index (κ3) is 4.52. The zero-order valence-corrected chi connectivity index (χ0v) is 9.75. The van der Waals surface area contributed by atoms with Crippen molar-refractivity contribution < 1.29 is 14.5 Å². The molecule has 1 amide bonds. The van der Waals surface area contributed by atoms with Gasteiger partial charge >= 0.3 is 0 Å². The minimum absolute atomic E-state index is 0.0110. The van der Waals surface area contributed by atoms with E-state index in [0.717, 1.165) is 0 Å². The van der Waals surface area contributed by atoms with Gasteiger partial charge in [-0.1, -0.05) is 0 Å². The van der Waals surface area contributed by atoms with Crippen LogP contribution in [0.15, 0.2) is 36.6 Å². The van der Waals surface area contributed by atoms with Crippen LogP contribution in [0.1, 0.15) is 6.92 Å². The van der Waals surface area contributed by atoms with E-state index >= 15 is 0 Å². The molecule has 96 valence electrons. The fourth-order valence-electron chi connectivity index (χ4n) is 1.05. The lowest BCUT2D eigenvalue weighted by atomic mass is 10.3. The van der Waals surface area contributed by atoms with Crippen molar-refractivity contribution >= 4 is 17.3 Å². The fraction of sp³-hybridized carbons (Fsp3) is 0.182. The number of amides is 1. The number of nitrogens with one attached hydrogen (secondary N) is 2. The van der Waals surface area contributed by atoms with Gasteiger partial charge in [-0.2, -0.15) is 0 Å². The summed E-state index contributed by atoms with van der Waals surface area (Å²) in [5, 5.41) is 10.4. The monoisotopic (exact) mass is 251 g/mol. The molecule has 1 aromatic carbocycles. The molecule has 0 atom stereocenters. The summed E-state index contributed by atoms with van der Waals surface area (Å²) in [6, 6.07) is 5.66. The van der Waals surface area contributed by atoms with Gasteiger partial charge in [0, 0.05) is 18.2 Å². The second-order valence-electron chi connectivity index (χ2n) is 3.18. The highest BCUT2D eigenvalue weighted by Crippen LogP contribution is 2.14. The first-order valence-corrected chi connectivity index (χ1v) is 5.22. The highest BCUT2D eigenvalue weighted by molar-refractivity contribution is 5.88. The molecular weight excluding hydrogens is 238 g/mol. The molecule has 0 bridgehead atoms. The van der Waals surface area contributed by atoms with Gasteiger partial charge < -0.3 is 4.74 Å². The minimum Gasteiger partial charge on any atom is -0.501 e. The zero-order chi connectivity index (χ0) is 13.4. The molecule has 1 aromatic rings. The van der Waals surface area contributed by atoms with E-state index in [1.54, 1.807) is 6.92 Å². The fourth-order valence-corrected chi connectivity index (χ4v) is 1.05. The SMILES string of the molecule is CCOC=CC(=O)NNc1ccc([N+](=O)[O-])cc1. The molecule has 0 aliphatic carbocycles. The summed E-state index contributed by atoms with van der Waals surface area (Å²) < 4.78 is 4.85. The van der Waals surface area contributed by atoms with Crippen LogP contribution in [0.2, 0.25) is 0 Å². The first-order chi connectivity index (χ1) is 8.63. The first kappa shape index (κ1) is 13.5. The molecule has 0 fully saturated rings. The van der Waals surface area contributed by atoms with E-state index < -0.39 is 4.92 Å². The largest absolute Gasteiger partial charge is 0.501 e. The maximum absolute atomic E-state index is 11.2. The number of rotatable bonds is 6. The molecular formula is C11H13N3O4. The smallest absolute Gasteiger partial charge is 0.269 e. The van der Waals surface area contributed by atoms with Crippen LogP contribution in [0.25, 0.3) is 0 Å². The van der Waals surface area contributed by atoms with Gasteiger partial charge in [-0.3, -0.25) is 25.8 Å². The van der Waals surface area contributed by atoms with E-state index in [9.17, 15) is 14.9 Å². The lowest BCUT2D eigenvalue weighted by Crippen LogP contribution is -2.27. The van der Waals surface area contributed by atoms with Crippen LogP contribution < -0.4 is 10.9 Å². The summed E-state index contributed by atoms with van der Waals surface area (Å²) in [4.78, 5) is 21.1. The predicted molar refractivity (Wildman–Crippen MR) is 65.6 cm³/mol. The number of ether oxygens (including phenoxy) is 1. The predicted octanol–water partition coefficient (Wildman–Crippen LogP) is 1.59. The van der Waals surface area contributed by atoms with Crippen LogP contribution in [0.3, 0.4) is 0 Å². The molecule has 0 aromatic heterocycles. The maximum atomic E-state index is 11.2. The number of non-ortho nitro benzene ring substituents is 1. The summed E-state index contributed by atoms with van der Waals surface area (Å²) in [7, 11) is 0. The number of anilines is 1. The van der Waals surface area contributed by atoms with Gasteiger partial charge in [-0.15, -0.1) is 0 Å². The van der Waals surface area contributed by atoms with Gasteiger partial charge in [-0.05, 0) is 19.1 Å². The quantitative estimate of drug-likeness (QED) is 0.346. The van der Waals surface area contributed by atoms with Crippen LogP contribution in [-0.4, -0.2) is 17.4 Å². The van der Waals surface area contributed by atoms with Crippen molar-refractivity contribution in [2.45, 2.75) is 6.92 Å². The van der Waals surface area contributed by atoms with Crippen molar-refractivity contribution in [1.29, 1.82) is 0 Å². The number of nitro groups is 1. The summed E-state index contributed by atoms with van der Waals surface area (Å²) in [5.41, 5.74) is 5.52.